The van der Waals surface area contributed by atoms with E-state index in [1.165, 1.54) is 6.20 Å². The van der Waals surface area contributed by atoms with Gasteiger partial charge in [-0.2, -0.15) is 0 Å². The summed E-state index contributed by atoms with van der Waals surface area (Å²) < 4.78 is 0. The Balaban J connectivity index is 2.85. The van der Waals surface area contributed by atoms with E-state index >= 15 is 0 Å². The van der Waals surface area contributed by atoms with Crippen LogP contribution in [-0.2, 0) is 0 Å². The lowest BCUT2D eigenvalue weighted by atomic mass is 10.9. The molecule has 1 heterocycles. The fourth-order valence-corrected chi connectivity index (χ4v) is 0.870. The number of nitrogens with two attached hydrogens (primary N) is 1. The lowest BCUT2D eigenvalue weighted by molar-refractivity contribution is 0.299. The van der Waals surface area contributed by atoms with Crippen molar-refractivity contribution < 1.29 is 5.21 Å². The first kappa shape index (κ1) is 6.27. The van der Waals surface area contributed by atoms with Gasteiger partial charge in [0.15, 0.2) is 5.13 Å². The van der Waals surface area contributed by atoms with Gasteiger partial charge in [-0.25, -0.2) is 4.98 Å². The Morgan fingerprint density at radius 2 is 2.56 bits per heavy atom. The molecule has 0 spiro atoms. The molecule has 9 heavy (non-hydrogen) atoms. The zero-order valence-corrected chi connectivity index (χ0v) is 5.13. The van der Waals surface area contributed by atoms with Crippen molar-refractivity contribution in [2.75, 3.05) is 11.0 Å². The van der Waals surface area contributed by atoms with Gasteiger partial charge in [0.1, 0.15) is 5.00 Å². The molecule has 3 N–H and O–H groups in total. The minimum atomic E-state index is -0.270. The quantitative estimate of drug-likeness (QED) is 0.561. The Hall–Kier alpha value is -0.850. The van der Waals surface area contributed by atoms with Crippen molar-refractivity contribution in [1.82, 2.24) is 4.98 Å². The SMILES string of the molecule is Nc1ncc(N([O-])O)s1. The van der Waals surface area contributed by atoms with Crippen LogP contribution in [0, 0.1) is 5.21 Å². The van der Waals surface area contributed by atoms with Crippen molar-refractivity contribution in [2.24, 2.45) is 0 Å². The first-order valence-corrected chi connectivity index (χ1v) is 2.89. The van der Waals surface area contributed by atoms with Crippen LogP contribution in [0.2, 0.25) is 0 Å². The van der Waals surface area contributed by atoms with Crippen molar-refractivity contribution in [3.63, 3.8) is 0 Å². The molecule has 1 aromatic rings. The number of anilines is 2. The van der Waals surface area contributed by atoms with E-state index in [4.69, 9.17) is 10.9 Å². The van der Waals surface area contributed by atoms with Crippen LogP contribution in [0.3, 0.4) is 0 Å². The van der Waals surface area contributed by atoms with Gasteiger partial charge in [-0.05, 0) is 0 Å². The van der Waals surface area contributed by atoms with Crippen molar-refractivity contribution in [1.29, 1.82) is 0 Å². The van der Waals surface area contributed by atoms with Crippen molar-refractivity contribution in [3.8, 4) is 0 Å². The van der Waals surface area contributed by atoms with Crippen LogP contribution < -0.4 is 11.0 Å². The summed E-state index contributed by atoms with van der Waals surface area (Å²) in [5.74, 6) is 0. The van der Waals surface area contributed by atoms with E-state index in [9.17, 15) is 5.21 Å². The van der Waals surface area contributed by atoms with Crippen LogP contribution in [0.1, 0.15) is 0 Å². The molecule has 0 radical (unpaired) electrons. The van der Waals surface area contributed by atoms with Crippen molar-refractivity contribution >= 4 is 21.5 Å². The van der Waals surface area contributed by atoms with Gasteiger partial charge in [0.05, 0.1) is 6.20 Å². The average Bonchev–Trinajstić information content (AvgIpc) is 2.14. The highest BCUT2D eigenvalue weighted by molar-refractivity contribution is 7.19. The first-order chi connectivity index (χ1) is 4.20. The van der Waals surface area contributed by atoms with Gasteiger partial charge in [-0.3, -0.25) is 5.21 Å². The summed E-state index contributed by atoms with van der Waals surface area (Å²) in [5, 5.41) is 18.4. The summed E-state index contributed by atoms with van der Waals surface area (Å²) in [4.78, 5) is 3.53. The maximum absolute atomic E-state index is 10.0. The minimum absolute atomic E-state index is 0.0903. The molecule has 0 bridgehead atoms. The summed E-state index contributed by atoms with van der Waals surface area (Å²) in [6.07, 6.45) is 1.20. The molecule has 0 fully saturated rings. The van der Waals surface area contributed by atoms with Crippen LogP contribution in [-0.4, -0.2) is 10.2 Å². The Bertz CT molecular complexity index is 199. The van der Waals surface area contributed by atoms with E-state index < -0.39 is 0 Å². The highest BCUT2D eigenvalue weighted by atomic mass is 32.1. The molecular weight excluding hydrogens is 142 g/mol. The smallest absolute Gasteiger partial charge is 0.182 e. The number of thiazole rings is 1. The molecule has 0 amide bonds. The van der Waals surface area contributed by atoms with Gasteiger partial charge in [-0.1, -0.05) is 11.3 Å². The highest BCUT2D eigenvalue weighted by Gasteiger charge is 1.95. The second-order valence-corrected chi connectivity index (χ2v) is 2.35. The summed E-state index contributed by atoms with van der Waals surface area (Å²) >= 11 is 0.926. The first-order valence-electron chi connectivity index (χ1n) is 2.07. The zero-order valence-electron chi connectivity index (χ0n) is 4.31. The molecule has 6 heteroatoms. The number of hydrogen-bond donors (Lipinski definition) is 2. The van der Waals surface area contributed by atoms with Crippen LogP contribution in [0.5, 0.6) is 0 Å². The molecule has 0 atom stereocenters. The molecule has 1 aromatic heterocycles. The summed E-state index contributed by atoms with van der Waals surface area (Å²) in [5.41, 5.74) is 5.15. The van der Waals surface area contributed by atoms with Crippen LogP contribution >= 0.6 is 11.3 Å². The standard InChI is InChI=1S/C3H4N3O2S/c4-3-5-1-2(9-3)6(7)8/h1,7H,(H2,4,5)/q-1. The number of rotatable bonds is 1. The normalized spacial score (nSPS) is 9.56. The molecule has 0 saturated carbocycles. The molecule has 0 aliphatic rings. The van der Waals surface area contributed by atoms with Crippen LogP contribution in [0.15, 0.2) is 6.20 Å². The third-order valence-corrected chi connectivity index (χ3v) is 1.49. The summed E-state index contributed by atoms with van der Waals surface area (Å²) in [6, 6.07) is 0. The number of nitrogens with zero attached hydrogens (tertiary/aromatic N) is 2. The lowest BCUT2D eigenvalue weighted by Crippen LogP contribution is -2.04. The molecule has 0 saturated heterocycles. The molecule has 5 nitrogen and oxygen atoms in total. The van der Waals surface area contributed by atoms with Gasteiger partial charge in [0.2, 0.25) is 0 Å². The van der Waals surface area contributed by atoms with Crippen LogP contribution in [0.25, 0.3) is 0 Å². The Labute approximate surface area is 54.9 Å². The number of nitrogen functional groups attached to an aromatic ring is 1. The van der Waals surface area contributed by atoms with E-state index in [2.05, 4.69) is 4.98 Å². The maximum Gasteiger partial charge on any atom is 0.182 e. The molecule has 1 rings (SSSR count). The van der Waals surface area contributed by atoms with Crippen molar-refractivity contribution in [3.05, 3.63) is 11.4 Å². The third kappa shape index (κ3) is 1.28. The Morgan fingerprint density at radius 3 is 2.78 bits per heavy atom. The molecule has 0 unspecified atom stereocenters. The minimum Gasteiger partial charge on any atom is -0.733 e. The zero-order chi connectivity index (χ0) is 6.85. The van der Waals surface area contributed by atoms with Gasteiger partial charge < -0.3 is 16.2 Å². The summed E-state index contributed by atoms with van der Waals surface area (Å²) in [7, 11) is 0. The van der Waals surface area contributed by atoms with E-state index in [1.54, 1.807) is 0 Å². The Morgan fingerprint density at radius 1 is 1.89 bits per heavy atom. The van der Waals surface area contributed by atoms with E-state index in [-0.39, 0.29) is 15.4 Å². The second-order valence-electron chi connectivity index (χ2n) is 1.31. The van der Waals surface area contributed by atoms with E-state index in [1.807, 2.05) is 0 Å². The molecule has 0 aliphatic heterocycles. The summed E-state index contributed by atoms with van der Waals surface area (Å²) in [6.45, 7) is 0. The molecule has 0 aliphatic carbocycles. The topological polar surface area (TPSA) is 85.4 Å². The number of aromatic nitrogens is 1. The van der Waals surface area contributed by atoms with E-state index in [0.717, 1.165) is 11.3 Å². The third-order valence-electron chi connectivity index (χ3n) is 0.700. The predicted molar refractivity (Wildman–Crippen MR) is 34.2 cm³/mol. The van der Waals surface area contributed by atoms with Crippen LogP contribution in [0.4, 0.5) is 10.1 Å². The van der Waals surface area contributed by atoms with E-state index in [0.29, 0.717) is 0 Å². The molecular formula is C3H4N3O2S-. The fourth-order valence-electron chi connectivity index (χ4n) is 0.367. The van der Waals surface area contributed by atoms with Gasteiger partial charge in [0, 0.05) is 0 Å². The van der Waals surface area contributed by atoms with Gasteiger partial charge in [0.25, 0.3) is 0 Å². The lowest BCUT2D eigenvalue weighted by Gasteiger charge is -2.17. The maximum atomic E-state index is 10.0. The molecule has 50 valence electrons. The average molecular weight is 146 g/mol. The molecule has 0 aromatic carbocycles. The fraction of sp³-hybridized carbons (Fsp3) is 0. The second kappa shape index (κ2) is 2.18. The Kier molecular flexibility index (Phi) is 1.52. The highest BCUT2D eigenvalue weighted by Crippen LogP contribution is 2.22. The van der Waals surface area contributed by atoms with Gasteiger partial charge in [-0.15, -0.1) is 0 Å². The monoisotopic (exact) mass is 146 g/mol. The largest absolute Gasteiger partial charge is 0.733 e. The van der Waals surface area contributed by atoms with Gasteiger partial charge >= 0.3 is 0 Å². The number of hydrogen-bond acceptors (Lipinski definition) is 6. The van der Waals surface area contributed by atoms with Crippen molar-refractivity contribution in [2.45, 2.75) is 0 Å². The predicted octanol–water partition coefficient (Wildman–Crippen LogP) is 0.419.